The maximum atomic E-state index is 12.5. The highest BCUT2D eigenvalue weighted by Gasteiger charge is 2.26. The molecule has 0 aliphatic carbocycles. The first-order chi connectivity index (χ1) is 19.5. The van der Waals surface area contributed by atoms with E-state index in [2.05, 4.69) is 77.8 Å². The van der Waals surface area contributed by atoms with Crippen LogP contribution in [0.25, 0.3) is 21.2 Å². The molecule has 2 heterocycles. The summed E-state index contributed by atoms with van der Waals surface area (Å²) >= 11 is 1.38. The van der Waals surface area contributed by atoms with Gasteiger partial charge in [0.1, 0.15) is 4.88 Å². The van der Waals surface area contributed by atoms with E-state index in [1.807, 2.05) is 13.0 Å². The van der Waals surface area contributed by atoms with Gasteiger partial charge in [-0.15, -0.1) is 11.3 Å². The number of nitrogens with one attached hydrogen (secondary N) is 1. The molecule has 1 aromatic heterocycles. The normalized spacial score (nSPS) is 15.8. The maximum Gasteiger partial charge on any atom is 0.348 e. The summed E-state index contributed by atoms with van der Waals surface area (Å²) in [5.41, 5.74) is 4.24. The number of esters is 2. The van der Waals surface area contributed by atoms with E-state index in [0.29, 0.717) is 24.1 Å². The minimum absolute atomic E-state index is 0.178. The van der Waals surface area contributed by atoms with Crippen molar-refractivity contribution in [3.05, 3.63) is 88.8 Å². The molecule has 2 atom stereocenters. The van der Waals surface area contributed by atoms with Gasteiger partial charge in [0.2, 0.25) is 0 Å². The molecule has 0 amide bonds. The number of fused-ring (bicyclic) bond motifs is 1. The number of anilines is 1. The van der Waals surface area contributed by atoms with E-state index < -0.39 is 0 Å². The molecule has 7 heteroatoms. The third-order valence-electron chi connectivity index (χ3n) is 7.41. The fraction of sp³-hybridized carbons (Fsp3) is 0.333. The number of hydrogen-bond donors (Lipinski definition) is 1. The van der Waals surface area contributed by atoms with E-state index in [4.69, 9.17) is 9.47 Å². The number of hydrogen-bond acceptors (Lipinski definition) is 7. The topological polar surface area (TPSA) is 67.9 Å². The molecule has 6 nitrogen and oxygen atoms in total. The molecule has 5 rings (SSSR count). The number of carbonyl (C=O) groups excluding carboxylic acids is 2. The van der Waals surface area contributed by atoms with E-state index in [1.54, 1.807) is 13.0 Å². The Labute approximate surface area is 239 Å². The van der Waals surface area contributed by atoms with Gasteiger partial charge in [0.15, 0.2) is 0 Å². The highest BCUT2D eigenvalue weighted by molar-refractivity contribution is 7.17. The first-order valence-electron chi connectivity index (χ1n) is 14.0. The lowest BCUT2D eigenvalue weighted by molar-refractivity contribution is -0.142. The van der Waals surface area contributed by atoms with Crippen LogP contribution >= 0.6 is 11.3 Å². The Balaban J connectivity index is 1.33. The molecule has 208 valence electrons. The smallest absolute Gasteiger partial charge is 0.348 e. The summed E-state index contributed by atoms with van der Waals surface area (Å²) < 4.78 is 10.4. The second kappa shape index (κ2) is 12.7. The minimum atomic E-state index is -0.323. The molecular weight excluding hydrogens is 520 g/mol. The third kappa shape index (κ3) is 6.21. The summed E-state index contributed by atoms with van der Waals surface area (Å²) in [5.74, 6) is -0.580. The molecule has 4 aromatic rings. The predicted octanol–water partition coefficient (Wildman–Crippen LogP) is 6.78. The lowest BCUT2D eigenvalue weighted by Gasteiger charge is -2.23. The largest absolute Gasteiger partial charge is 0.466 e. The van der Waals surface area contributed by atoms with E-state index in [-0.39, 0.29) is 24.4 Å². The molecule has 1 fully saturated rings. The second-order valence-corrected chi connectivity index (χ2v) is 11.2. The molecule has 0 spiro atoms. The number of ether oxygens (including phenoxy) is 2. The van der Waals surface area contributed by atoms with Gasteiger partial charge in [0, 0.05) is 35.7 Å². The van der Waals surface area contributed by atoms with Crippen molar-refractivity contribution in [1.29, 1.82) is 0 Å². The molecule has 1 N–H and O–H groups in total. The Kier molecular flexibility index (Phi) is 8.82. The summed E-state index contributed by atoms with van der Waals surface area (Å²) in [4.78, 5) is 28.6. The molecular formula is C33H36N2O4S. The van der Waals surface area contributed by atoms with E-state index in [1.165, 1.54) is 27.7 Å². The SMILES string of the molecule is CCOC(=O)Cc1cc(N2CC[C@H](N[C@H](C)c3cccc4ccccc34)C2)ccc1-c1ccc(C(=O)OCC)s1. The van der Waals surface area contributed by atoms with Gasteiger partial charge in [-0.3, -0.25) is 4.79 Å². The van der Waals surface area contributed by atoms with Crippen molar-refractivity contribution >= 4 is 39.7 Å². The van der Waals surface area contributed by atoms with Crippen LogP contribution < -0.4 is 10.2 Å². The molecule has 0 saturated carbocycles. The predicted molar refractivity (Wildman–Crippen MR) is 162 cm³/mol. The van der Waals surface area contributed by atoms with Crippen LogP contribution in [0.1, 0.15) is 54.0 Å². The van der Waals surface area contributed by atoms with E-state index in [0.717, 1.165) is 41.2 Å². The van der Waals surface area contributed by atoms with Crippen molar-refractivity contribution in [2.75, 3.05) is 31.2 Å². The molecule has 1 aliphatic heterocycles. The van der Waals surface area contributed by atoms with Crippen LogP contribution in [0.2, 0.25) is 0 Å². The summed E-state index contributed by atoms with van der Waals surface area (Å²) in [6.07, 6.45) is 1.22. The van der Waals surface area contributed by atoms with Crippen molar-refractivity contribution < 1.29 is 19.1 Å². The van der Waals surface area contributed by atoms with Crippen molar-refractivity contribution in [2.45, 2.75) is 45.7 Å². The van der Waals surface area contributed by atoms with Crippen LogP contribution in [0.4, 0.5) is 5.69 Å². The van der Waals surface area contributed by atoms with Crippen LogP contribution in [-0.4, -0.2) is 44.3 Å². The van der Waals surface area contributed by atoms with Crippen molar-refractivity contribution in [1.82, 2.24) is 5.32 Å². The van der Waals surface area contributed by atoms with Gasteiger partial charge in [-0.25, -0.2) is 4.79 Å². The third-order valence-corrected chi connectivity index (χ3v) is 8.50. The van der Waals surface area contributed by atoms with Crippen LogP contribution in [0.5, 0.6) is 0 Å². The average molecular weight is 557 g/mol. The number of thiophene rings is 1. The van der Waals surface area contributed by atoms with Gasteiger partial charge >= 0.3 is 11.9 Å². The molecule has 0 unspecified atom stereocenters. The lowest BCUT2D eigenvalue weighted by Crippen LogP contribution is -2.34. The zero-order valence-corrected chi connectivity index (χ0v) is 24.1. The molecule has 1 aliphatic rings. The Morgan fingerprint density at radius 2 is 1.80 bits per heavy atom. The second-order valence-electron chi connectivity index (χ2n) is 10.1. The highest BCUT2D eigenvalue weighted by Crippen LogP contribution is 2.35. The standard InChI is InChI=1S/C33H36N2O4S/c1-4-38-32(36)20-24-19-26(13-14-29(24)30-15-16-31(40-30)33(37)39-5-2)35-18-17-25(21-35)34-22(3)27-12-8-10-23-9-6-7-11-28(23)27/h6-16,19,22,25,34H,4-5,17-18,20-21H2,1-3H3/t22-,25+/m1/s1. The minimum Gasteiger partial charge on any atom is -0.466 e. The van der Waals surface area contributed by atoms with Gasteiger partial charge in [0.05, 0.1) is 19.6 Å². The molecule has 3 aromatic carbocycles. The highest BCUT2D eigenvalue weighted by atomic mass is 32.1. The summed E-state index contributed by atoms with van der Waals surface area (Å²) in [6, 6.07) is 25.6. The Bertz CT molecular complexity index is 1490. The Morgan fingerprint density at radius 1 is 1.00 bits per heavy atom. The fourth-order valence-electron chi connectivity index (χ4n) is 5.53. The van der Waals surface area contributed by atoms with Crippen LogP contribution in [0, 0.1) is 0 Å². The summed E-state index contributed by atoms with van der Waals surface area (Å²) in [5, 5.41) is 6.40. The van der Waals surface area contributed by atoms with Gasteiger partial charge < -0.3 is 19.7 Å². The first-order valence-corrected chi connectivity index (χ1v) is 14.8. The maximum absolute atomic E-state index is 12.5. The lowest BCUT2D eigenvalue weighted by atomic mass is 9.99. The number of rotatable bonds is 10. The van der Waals surface area contributed by atoms with E-state index >= 15 is 0 Å². The average Bonchev–Trinajstić information content (AvgIpc) is 3.63. The fourth-order valence-corrected chi connectivity index (χ4v) is 6.49. The summed E-state index contributed by atoms with van der Waals surface area (Å²) in [6.45, 7) is 8.35. The van der Waals surface area contributed by atoms with Crippen molar-refractivity contribution in [2.24, 2.45) is 0 Å². The molecule has 40 heavy (non-hydrogen) atoms. The van der Waals surface area contributed by atoms with Crippen molar-refractivity contribution in [3.8, 4) is 10.4 Å². The van der Waals surface area contributed by atoms with Gasteiger partial charge in [-0.05, 0) is 78.9 Å². The van der Waals surface area contributed by atoms with Gasteiger partial charge in [-0.2, -0.15) is 0 Å². The van der Waals surface area contributed by atoms with Gasteiger partial charge in [0.25, 0.3) is 0 Å². The first kappa shape index (κ1) is 27.9. The quantitative estimate of drug-likeness (QED) is 0.217. The monoisotopic (exact) mass is 556 g/mol. The zero-order chi connectivity index (χ0) is 28.1. The Morgan fingerprint density at radius 3 is 2.62 bits per heavy atom. The van der Waals surface area contributed by atoms with Crippen molar-refractivity contribution in [3.63, 3.8) is 0 Å². The number of nitrogens with zero attached hydrogens (tertiary/aromatic N) is 1. The molecule has 0 bridgehead atoms. The van der Waals surface area contributed by atoms with Gasteiger partial charge in [-0.1, -0.05) is 48.5 Å². The Hall–Kier alpha value is -3.68. The van der Waals surface area contributed by atoms with Crippen LogP contribution in [-0.2, 0) is 20.7 Å². The number of carbonyl (C=O) groups is 2. The summed E-state index contributed by atoms with van der Waals surface area (Å²) in [7, 11) is 0. The molecule has 0 radical (unpaired) electrons. The van der Waals surface area contributed by atoms with Crippen LogP contribution in [0.15, 0.2) is 72.8 Å². The molecule has 1 saturated heterocycles. The van der Waals surface area contributed by atoms with Crippen LogP contribution in [0.3, 0.4) is 0 Å². The van der Waals surface area contributed by atoms with E-state index in [9.17, 15) is 9.59 Å². The number of benzene rings is 3. The zero-order valence-electron chi connectivity index (χ0n) is 23.3.